The zero-order valence-electron chi connectivity index (χ0n) is 10.2. The Morgan fingerprint density at radius 2 is 2.21 bits per heavy atom. The lowest BCUT2D eigenvalue weighted by atomic mass is 10.0. The third-order valence-corrected chi connectivity index (χ3v) is 3.32. The van der Waals surface area contributed by atoms with E-state index in [2.05, 4.69) is 36.7 Å². The summed E-state index contributed by atoms with van der Waals surface area (Å²) in [6, 6.07) is 0. The van der Waals surface area contributed by atoms with E-state index in [0.717, 1.165) is 19.3 Å². The molecular formula is C11H13Br2NO5. The lowest BCUT2D eigenvalue weighted by Gasteiger charge is -2.13. The first-order chi connectivity index (χ1) is 8.95. The van der Waals surface area contributed by atoms with Crippen molar-refractivity contribution in [3.63, 3.8) is 0 Å². The number of rotatable bonds is 7. The van der Waals surface area contributed by atoms with Crippen LogP contribution in [0.4, 0.5) is 0 Å². The summed E-state index contributed by atoms with van der Waals surface area (Å²) in [5.74, 6) is -0.331. The van der Waals surface area contributed by atoms with E-state index in [4.69, 9.17) is 4.74 Å². The van der Waals surface area contributed by atoms with Crippen LogP contribution in [0.2, 0.25) is 0 Å². The first kappa shape index (κ1) is 16.2. The van der Waals surface area contributed by atoms with Gasteiger partial charge in [0.2, 0.25) is 0 Å². The lowest BCUT2D eigenvalue weighted by Crippen LogP contribution is -2.23. The van der Waals surface area contributed by atoms with Crippen LogP contribution in [0.1, 0.15) is 32.6 Å². The second kappa shape index (κ2) is 7.64. The Morgan fingerprint density at radius 3 is 2.68 bits per heavy atom. The average Bonchev–Trinajstić information content (AvgIpc) is 2.70. The van der Waals surface area contributed by atoms with Gasteiger partial charge in [0, 0.05) is 0 Å². The summed E-state index contributed by atoms with van der Waals surface area (Å²) in [5, 5.41) is 9.62. The van der Waals surface area contributed by atoms with Crippen molar-refractivity contribution in [3.8, 4) is 0 Å². The van der Waals surface area contributed by atoms with Gasteiger partial charge in [0.05, 0.1) is 5.57 Å². The number of cyclic esters (lactones) is 1. The van der Waals surface area contributed by atoms with Crippen LogP contribution in [0.5, 0.6) is 0 Å². The van der Waals surface area contributed by atoms with Gasteiger partial charge in [-0.25, -0.2) is 4.79 Å². The Bertz CT molecular complexity index is 429. The molecule has 0 aromatic carbocycles. The second-order valence-corrected chi connectivity index (χ2v) is 6.58. The molecule has 1 aliphatic heterocycles. The molecule has 0 aromatic rings. The zero-order chi connectivity index (χ0) is 14.4. The minimum atomic E-state index is -0.883. The van der Waals surface area contributed by atoms with Crippen molar-refractivity contribution < 1.29 is 19.5 Å². The summed E-state index contributed by atoms with van der Waals surface area (Å²) < 4.78 is 5.43. The molecular weight excluding hydrogens is 386 g/mol. The maximum Gasteiger partial charge on any atom is 0.341 e. The largest absolute Gasteiger partial charge is 0.421 e. The summed E-state index contributed by atoms with van der Waals surface area (Å²) in [6.45, 7) is 2.02. The molecule has 0 spiro atoms. The molecule has 1 heterocycles. The molecule has 6 nitrogen and oxygen atoms in total. The third kappa shape index (κ3) is 4.94. The van der Waals surface area contributed by atoms with Crippen molar-refractivity contribution in [2.75, 3.05) is 0 Å². The number of halogens is 2. The van der Waals surface area contributed by atoms with Gasteiger partial charge < -0.3 is 9.57 Å². The van der Waals surface area contributed by atoms with Gasteiger partial charge in [0.1, 0.15) is 9.50 Å². The van der Waals surface area contributed by atoms with E-state index in [1.165, 1.54) is 6.08 Å². The van der Waals surface area contributed by atoms with Crippen molar-refractivity contribution in [3.05, 3.63) is 30.9 Å². The third-order valence-electron chi connectivity index (χ3n) is 2.54. The van der Waals surface area contributed by atoms with E-state index in [1.54, 1.807) is 0 Å². The number of carbonyl (C=O) groups excluding carboxylic acids is 1. The van der Waals surface area contributed by atoms with Crippen molar-refractivity contribution >= 4 is 37.8 Å². The molecule has 1 unspecified atom stereocenters. The highest BCUT2D eigenvalue weighted by Gasteiger charge is 2.31. The van der Waals surface area contributed by atoms with Crippen LogP contribution in [-0.4, -0.2) is 17.2 Å². The molecule has 0 amide bonds. The van der Waals surface area contributed by atoms with Gasteiger partial charge in [-0.1, -0.05) is 26.2 Å². The van der Waals surface area contributed by atoms with E-state index in [1.807, 2.05) is 6.92 Å². The van der Waals surface area contributed by atoms with E-state index in [9.17, 15) is 14.9 Å². The average molecular weight is 399 g/mol. The maximum atomic E-state index is 11.7. The fraction of sp³-hybridized carbons (Fsp3) is 0.545. The number of allylic oxidation sites excluding steroid dienone is 1. The monoisotopic (exact) mass is 397 g/mol. The minimum Gasteiger partial charge on any atom is -0.421 e. The number of nitrogens with zero attached hydrogens (tertiary/aromatic N) is 1. The van der Waals surface area contributed by atoms with Gasteiger partial charge in [-0.2, -0.15) is 0 Å². The van der Waals surface area contributed by atoms with E-state index < -0.39 is 17.2 Å². The molecule has 19 heavy (non-hydrogen) atoms. The molecule has 0 fully saturated rings. The maximum absolute atomic E-state index is 11.7. The molecule has 1 atom stereocenters. The summed E-state index contributed by atoms with van der Waals surface area (Å²) in [5.41, 5.74) is 0.166. The Hall–Kier alpha value is -0.890. The predicted octanol–water partition coefficient (Wildman–Crippen LogP) is 3.59. The van der Waals surface area contributed by atoms with Gasteiger partial charge >= 0.3 is 5.97 Å². The van der Waals surface area contributed by atoms with Crippen LogP contribution in [0.25, 0.3) is 0 Å². The van der Waals surface area contributed by atoms with Crippen molar-refractivity contribution in [2.45, 2.75) is 38.7 Å². The highest BCUT2D eigenvalue weighted by Crippen LogP contribution is 2.30. The van der Waals surface area contributed by atoms with Gasteiger partial charge in [-0.3, -0.25) is 0 Å². The molecule has 1 rings (SSSR count). The fourth-order valence-electron chi connectivity index (χ4n) is 1.65. The van der Waals surface area contributed by atoms with Crippen LogP contribution >= 0.6 is 31.9 Å². The van der Waals surface area contributed by atoms with Crippen LogP contribution in [0, 0.1) is 10.1 Å². The number of hydrogen-bond acceptors (Lipinski definition) is 5. The van der Waals surface area contributed by atoms with Gasteiger partial charge in [-0.15, -0.1) is 10.1 Å². The van der Waals surface area contributed by atoms with E-state index >= 15 is 0 Å². The SMILES string of the molecule is CCCCCC(O[N+](=O)[O-])C1=CC(=C(Br)Br)OC1=O. The molecule has 0 aromatic heterocycles. The summed E-state index contributed by atoms with van der Waals surface area (Å²) >= 11 is 6.24. The highest BCUT2D eigenvalue weighted by molar-refractivity contribution is 9.28. The second-order valence-electron chi connectivity index (χ2n) is 3.93. The van der Waals surface area contributed by atoms with Crippen LogP contribution < -0.4 is 0 Å². The molecule has 106 valence electrons. The van der Waals surface area contributed by atoms with Crippen LogP contribution in [0.3, 0.4) is 0 Å². The Morgan fingerprint density at radius 1 is 1.53 bits per heavy atom. The lowest BCUT2D eigenvalue weighted by molar-refractivity contribution is -0.766. The summed E-state index contributed by atoms with van der Waals surface area (Å²) in [7, 11) is 0. The van der Waals surface area contributed by atoms with Gasteiger partial charge in [-0.05, 0) is 44.4 Å². The van der Waals surface area contributed by atoms with Crippen molar-refractivity contribution in [1.29, 1.82) is 0 Å². The van der Waals surface area contributed by atoms with Crippen molar-refractivity contribution in [1.82, 2.24) is 0 Å². The standard InChI is InChI=1S/C11H13Br2NO5/c1-2-3-4-5-8(19-14(16)17)7-6-9(10(12)13)18-11(7)15/h6,8H,2-5H2,1H3. The molecule has 0 saturated carbocycles. The number of carbonyl (C=O) groups is 1. The Balaban J connectivity index is 2.84. The van der Waals surface area contributed by atoms with E-state index in [0.29, 0.717) is 9.81 Å². The smallest absolute Gasteiger partial charge is 0.341 e. The molecule has 0 bridgehead atoms. The molecule has 0 saturated heterocycles. The van der Waals surface area contributed by atoms with Gasteiger partial charge in [0.15, 0.2) is 5.76 Å². The normalized spacial score (nSPS) is 15.8. The summed E-state index contributed by atoms with van der Waals surface area (Å²) in [4.78, 5) is 26.7. The zero-order valence-corrected chi connectivity index (χ0v) is 13.4. The molecule has 8 heteroatoms. The minimum absolute atomic E-state index is 0.166. The molecule has 0 N–H and O–H groups in total. The quantitative estimate of drug-likeness (QED) is 0.283. The highest BCUT2D eigenvalue weighted by atomic mass is 79.9. The molecule has 0 radical (unpaired) electrons. The van der Waals surface area contributed by atoms with E-state index in [-0.39, 0.29) is 11.3 Å². The topological polar surface area (TPSA) is 78.7 Å². The number of ether oxygens (including phenoxy) is 1. The Labute approximate surface area is 127 Å². The first-order valence-electron chi connectivity index (χ1n) is 5.76. The number of esters is 1. The number of hydrogen-bond donors (Lipinski definition) is 0. The molecule has 1 aliphatic rings. The number of unbranched alkanes of at least 4 members (excludes halogenated alkanes) is 2. The van der Waals surface area contributed by atoms with Crippen molar-refractivity contribution in [2.24, 2.45) is 0 Å². The van der Waals surface area contributed by atoms with Gasteiger partial charge in [0.25, 0.3) is 5.09 Å². The Kier molecular flexibility index (Phi) is 6.50. The predicted molar refractivity (Wildman–Crippen MR) is 75.1 cm³/mol. The van der Waals surface area contributed by atoms with Crippen LogP contribution in [-0.2, 0) is 14.4 Å². The van der Waals surface area contributed by atoms with Crippen LogP contribution in [0.15, 0.2) is 20.8 Å². The summed E-state index contributed by atoms with van der Waals surface area (Å²) in [6.07, 6.45) is 3.61. The molecule has 0 aliphatic carbocycles. The fourth-order valence-corrected chi connectivity index (χ4v) is 2.05. The first-order valence-corrected chi connectivity index (χ1v) is 7.34.